The minimum Gasteiger partial charge on any atom is -0.492 e. The third-order valence-corrected chi connectivity index (χ3v) is 5.27. The van der Waals surface area contributed by atoms with Crippen molar-refractivity contribution in [3.05, 3.63) is 60.0 Å². The lowest BCUT2D eigenvalue weighted by molar-refractivity contribution is 0.0712. The number of rotatable bonds is 4. The molecule has 3 aromatic rings. The Hall–Kier alpha value is -3.35. The molecule has 1 aliphatic heterocycles. The highest BCUT2D eigenvalue weighted by Crippen LogP contribution is 2.33. The van der Waals surface area contributed by atoms with Crippen LogP contribution in [0.1, 0.15) is 34.8 Å². The number of nitrogens with zero attached hydrogens (tertiary/aromatic N) is 3. The third kappa shape index (κ3) is 3.43. The van der Waals surface area contributed by atoms with Gasteiger partial charge in [-0.15, -0.1) is 0 Å². The first-order valence-corrected chi connectivity index (χ1v) is 9.35. The van der Waals surface area contributed by atoms with Crippen molar-refractivity contribution >= 4 is 11.6 Å². The number of benzene rings is 1. The molecule has 1 saturated heterocycles. The largest absolute Gasteiger partial charge is 0.492 e. The summed E-state index contributed by atoms with van der Waals surface area (Å²) in [7, 11) is 1.57. The molecule has 0 atom stereocenters. The van der Waals surface area contributed by atoms with Gasteiger partial charge in [0.2, 0.25) is 0 Å². The van der Waals surface area contributed by atoms with Crippen molar-refractivity contribution in [2.24, 2.45) is 0 Å². The lowest BCUT2D eigenvalue weighted by atomic mass is 9.93. The summed E-state index contributed by atoms with van der Waals surface area (Å²) in [6.07, 6.45) is 5.27. The van der Waals surface area contributed by atoms with E-state index in [9.17, 15) is 4.79 Å². The fourth-order valence-electron chi connectivity index (χ4n) is 3.75. The second-order valence-electron chi connectivity index (χ2n) is 6.94. The number of carbonyl (C=O) groups excluding carboxylic acids is 1. The van der Waals surface area contributed by atoms with Crippen LogP contribution in [0.15, 0.2) is 48.8 Å². The highest BCUT2D eigenvalue weighted by Gasteiger charge is 2.25. The maximum Gasteiger partial charge on any atom is 0.253 e. The number of piperidine rings is 1. The number of anilines is 1. The van der Waals surface area contributed by atoms with Gasteiger partial charge in [0.15, 0.2) is 5.75 Å². The molecule has 3 heterocycles. The van der Waals surface area contributed by atoms with Crippen LogP contribution >= 0.6 is 0 Å². The van der Waals surface area contributed by atoms with Gasteiger partial charge in [-0.05, 0) is 37.1 Å². The van der Waals surface area contributed by atoms with E-state index in [2.05, 4.69) is 15.2 Å². The zero-order valence-corrected chi connectivity index (χ0v) is 15.8. The molecule has 1 amide bonds. The van der Waals surface area contributed by atoms with Crippen molar-refractivity contribution in [2.45, 2.75) is 18.8 Å². The molecule has 7 nitrogen and oxygen atoms in total. The molecule has 144 valence electrons. The van der Waals surface area contributed by atoms with Gasteiger partial charge in [0.25, 0.3) is 5.91 Å². The van der Waals surface area contributed by atoms with Gasteiger partial charge in [-0.2, -0.15) is 5.10 Å². The lowest BCUT2D eigenvalue weighted by Crippen LogP contribution is -2.38. The fraction of sp³-hybridized carbons (Fsp3) is 0.286. The van der Waals surface area contributed by atoms with Gasteiger partial charge in [-0.1, -0.05) is 12.1 Å². The number of hydrogen-bond acceptors (Lipinski definition) is 5. The molecular formula is C21H23N5O2. The number of nitrogens with two attached hydrogens (primary N) is 1. The number of hydrogen-bond donors (Lipinski definition) is 2. The molecule has 3 N–H and O–H groups in total. The van der Waals surface area contributed by atoms with E-state index in [1.807, 2.05) is 35.2 Å². The summed E-state index contributed by atoms with van der Waals surface area (Å²) in [4.78, 5) is 19.3. The first-order chi connectivity index (χ1) is 13.7. The van der Waals surface area contributed by atoms with Gasteiger partial charge in [0.1, 0.15) is 5.69 Å². The number of H-pyrrole nitrogens is 1. The Kier molecular flexibility index (Phi) is 4.97. The molecule has 0 radical (unpaired) electrons. The second-order valence-corrected chi connectivity index (χ2v) is 6.94. The smallest absolute Gasteiger partial charge is 0.253 e. The van der Waals surface area contributed by atoms with Crippen LogP contribution in [-0.4, -0.2) is 46.2 Å². The van der Waals surface area contributed by atoms with Gasteiger partial charge in [0, 0.05) is 48.2 Å². The van der Waals surface area contributed by atoms with Crippen molar-refractivity contribution < 1.29 is 9.53 Å². The summed E-state index contributed by atoms with van der Waals surface area (Å²) < 4.78 is 5.40. The topological polar surface area (TPSA) is 97.1 Å². The number of likely N-dealkylation sites (tertiary alicyclic amines) is 1. The zero-order valence-electron chi connectivity index (χ0n) is 15.8. The Labute approximate surface area is 163 Å². The van der Waals surface area contributed by atoms with E-state index >= 15 is 0 Å². The number of pyridine rings is 1. The summed E-state index contributed by atoms with van der Waals surface area (Å²) in [5.74, 6) is 0.985. The van der Waals surface area contributed by atoms with Gasteiger partial charge >= 0.3 is 0 Å². The summed E-state index contributed by atoms with van der Waals surface area (Å²) in [5.41, 5.74) is 9.74. The van der Waals surface area contributed by atoms with Crippen molar-refractivity contribution in [1.29, 1.82) is 0 Å². The Morgan fingerprint density at radius 1 is 1.21 bits per heavy atom. The average Bonchev–Trinajstić information content (AvgIpc) is 3.28. The van der Waals surface area contributed by atoms with Gasteiger partial charge in [-0.25, -0.2) is 0 Å². The van der Waals surface area contributed by atoms with Crippen LogP contribution in [0.5, 0.6) is 5.75 Å². The molecule has 4 rings (SSSR count). The number of methoxy groups -OCH3 is 1. The van der Waals surface area contributed by atoms with Crippen molar-refractivity contribution in [3.63, 3.8) is 0 Å². The van der Waals surface area contributed by atoms with E-state index in [0.717, 1.165) is 37.2 Å². The molecule has 0 unspecified atom stereocenters. The molecule has 2 aromatic heterocycles. The maximum absolute atomic E-state index is 13.0. The molecular weight excluding hydrogens is 354 g/mol. The highest BCUT2D eigenvalue weighted by molar-refractivity contribution is 5.95. The predicted molar refractivity (Wildman–Crippen MR) is 107 cm³/mol. The molecule has 1 aliphatic rings. The lowest BCUT2D eigenvalue weighted by Gasteiger charge is -2.31. The van der Waals surface area contributed by atoms with Crippen molar-refractivity contribution in [2.75, 3.05) is 25.9 Å². The minimum atomic E-state index is 0.0350. The van der Waals surface area contributed by atoms with Crippen LogP contribution in [0.25, 0.3) is 11.3 Å². The Morgan fingerprint density at radius 2 is 2.04 bits per heavy atom. The Morgan fingerprint density at radius 3 is 2.75 bits per heavy atom. The maximum atomic E-state index is 13.0. The fourth-order valence-corrected chi connectivity index (χ4v) is 3.75. The SMILES string of the molecule is COc1c(N)ccnc1-c1cccc(C(=O)N2CCC(c3ccn[nH]3)CC2)c1. The van der Waals surface area contributed by atoms with E-state index in [1.54, 1.807) is 25.6 Å². The molecule has 28 heavy (non-hydrogen) atoms. The number of aromatic amines is 1. The number of nitrogen functional groups attached to an aromatic ring is 1. The molecule has 1 aromatic carbocycles. The predicted octanol–water partition coefficient (Wildman–Crippen LogP) is 3.08. The Balaban J connectivity index is 1.52. The van der Waals surface area contributed by atoms with Crippen molar-refractivity contribution in [3.8, 4) is 17.0 Å². The summed E-state index contributed by atoms with van der Waals surface area (Å²) >= 11 is 0. The highest BCUT2D eigenvalue weighted by atomic mass is 16.5. The quantitative estimate of drug-likeness (QED) is 0.728. The first-order valence-electron chi connectivity index (χ1n) is 9.35. The third-order valence-electron chi connectivity index (χ3n) is 5.27. The van der Waals surface area contributed by atoms with Gasteiger partial charge in [-0.3, -0.25) is 14.9 Å². The van der Waals surface area contributed by atoms with Crippen LogP contribution in [0.4, 0.5) is 5.69 Å². The average molecular weight is 377 g/mol. The van der Waals surface area contributed by atoms with E-state index in [4.69, 9.17) is 10.5 Å². The van der Waals surface area contributed by atoms with Crippen molar-refractivity contribution in [1.82, 2.24) is 20.1 Å². The van der Waals surface area contributed by atoms with Crippen LogP contribution < -0.4 is 10.5 Å². The van der Waals surface area contributed by atoms with Crippen LogP contribution in [0.3, 0.4) is 0 Å². The first kappa shape index (κ1) is 18.0. The Bertz CT molecular complexity index is 963. The van der Waals surface area contributed by atoms with E-state index in [0.29, 0.717) is 28.6 Å². The summed E-state index contributed by atoms with van der Waals surface area (Å²) in [5, 5.41) is 7.07. The summed E-state index contributed by atoms with van der Waals surface area (Å²) in [6.45, 7) is 1.46. The zero-order chi connectivity index (χ0) is 19.5. The number of aromatic nitrogens is 3. The molecule has 0 saturated carbocycles. The monoisotopic (exact) mass is 377 g/mol. The molecule has 0 bridgehead atoms. The number of carbonyl (C=O) groups is 1. The number of amides is 1. The minimum absolute atomic E-state index is 0.0350. The van der Waals surface area contributed by atoms with E-state index in [-0.39, 0.29) is 5.91 Å². The standard InChI is InChI=1S/C21H23N5O2/c1-28-20-17(22)5-9-23-19(20)15-3-2-4-16(13-15)21(27)26-11-7-14(8-12-26)18-6-10-24-25-18/h2-6,9-10,13-14H,7-8,11-12H2,1H3,(H2,22,23)(H,24,25). The van der Waals surface area contributed by atoms with Gasteiger partial charge < -0.3 is 15.4 Å². The van der Waals surface area contributed by atoms with Crippen LogP contribution in [0, 0.1) is 0 Å². The van der Waals surface area contributed by atoms with Crippen LogP contribution in [0.2, 0.25) is 0 Å². The number of ether oxygens (including phenoxy) is 1. The number of nitrogens with one attached hydrogen (secondary N) is 1. The van der Waals surface area contributed by atoms with Crippen LogP contribution in [-0.2, 0) is 0 Å². The van der Waals surface area contributed by atoms with E-state index in [1.165, 1.54) is 0 Å². The van der Waals surface area contributed by atoms with Gasteiger partial charge in [0.05, 0.1) is 12.8 Å². The summed E-state index contributed by atoms with van der Waals surface area (Å²) in [6, 6.07) is 11.2. The normalized spacial score (nSPS) is 14.8. The molecule has 0 aliphatic carbocycles. The molecule has 7 heteroatoms. The molecule has 1 fully saturated rings. The van der Waals surface area contributed by atoms with E-state index < -0.39 is 0 Å². The molecule has 0 spiro atoms. The second kappa shape index (κ2) is 7.72.